The Kier molecular flexibility index (Phi) is 3.88. The molecule has 2 nitrogen and oxygen atoms in total. The van der Waals surface area contributed by atoms with Crippen molar-refractivity contribution >= 4 is 43.5 Å². The molecule has 7 aromatic rings. The van der Waals surface area contributed by atoms with E-state index in [-0.39, 0.29) is 0 Å². The Morgan fingerprint density at radius 3 is 2.15 bits per heavy atom. The van der Waals surface area contributed by atoms with Crippen LogP contribution >= 0.6 is 0 Å². The third-order valence-corrected chi connectivity index (χ3v) is 6.59. The van der Waals surface area contributed by atoms with Crippen LogP contribution in [0, 0.1) is 0 Å². The van der Waals surface area contributed by atoms with Gasteiger partial charge in [0.25, 0.3) is 0 Å². The first-order valence-corrected chi connectivity index (χ1v) is 11.2. The molecule has 154 valence electrons. The maximum absolute atomic E-state index is 5.17. The molecule has 33 heavy (non-hydrogen) atoms. The van der Waals surface area contributed by atoms with Crippen LogP contribution in [0.4, 0.5) is 0 Å². The van der Waals surface area contributed by atoms with Crippen LogP contribution in [0.5, 0.6) is 0 Å². The van der Waals surface area contributed by atoms with Crippen LogP contribution in [0.25, 0.3) is 60.4 Å². The van der Waals surface area contributed by atoms with E-state index in [4.69, 9.17) is 4.98 Å². The molecular formula is C31H20N2. The Labute approximate surface area is 191 Å². The molecule has 2 heterocycles. The van der Waals surface area contributed by atoms with E-state index in [1.165, 1.54) is 49.1 Å². The number of hydrogen-bond donors (Lipinski definition) is 0. The van der Waals surface area contributed by atoms with Gasteiger partial charge < -0.3 is 0 Å². The van der Waals surface area contributed by atoms with E-state index in [0.717, 1.165) is 11.3 Å². The molecule has 0 bridgehead atoms. The highest BCUT2D eigenvalue weighted by atomic mass is 15.1. The maximum atomic E-state index is 5.17. The van der Waals surface area contributed by atoms with Gasteiger partial charge in [-0.05, 0) is 40.6 Å². The van der Waals surface area contributed by atoms with Crippen LogP contribution in [0.15, 0.2) is 121 Å². The fourth-order valence-corrected chi connectivity index (χ4v) is 5.11. The van der Waals surface area contributed by atoms with E-state index >= 15 is 0 Å². The lowest BCUT2D eigenvalue weighted by atomic mass is 10.0. The summed E-state index contributed by atoms with van der Waals surface area (Å²) in [6.45, 7) is 0. The Morgan fingerprint density at radius 1 is 0.485 bits per heavy atom. The van der Waals surface area contributed by atoms with Crippen molar-refractivity contribution in [3.63, 3.8) is 0 Å². The number of rotatable bonds is 2. The van der Waals surface area contributed by atoms with Gasteiger partial charge >= 0.3 is 0 Å². The molecule has 0 unspecified atom stereocenters. The molecule has 0 radical (unpaired) electrons. The summed E-state index contributed by atoms with van der Waals surface area (Å²) in [5.74, 6) is 0.937. The van der Waals surface area contributed by atoms with Crippen molar-refractivity contribution < 1.29 is 0 Å². The van der Waals surface area contributed by atoms with Crippen molar-refractivity contribution in [2.75, 3.05) is 0 Å². The molecule has 0 aliphatic carbocycles. The van der Waals surface area contributed by atoms with Crippen LogP contribution < -0.4 is 0 Å². The number of benzene rings is 5. The molecule has 0 N–H and O–H groups in total. The van der Waals surface area contributed by atoms with Crippen molar-refractivity contribution in [2.24, 2.45) is 0 Å². The Balaban J connectivity index is 1.60. The molecule has 0 amide bonds. The van der Waals surface area contributed by atoms with Crippen molar-refractivity contribution in [1.82, 2.24) is 9.55 Å². The fourth-order valence-electron chi connectivity index (χ4n) is 5.11. The van der Waals surface area contributed by atoms with E-state index in [1.54, 1.807) is 0 Å². The first-order chi connectivity index (χ1) is 16.4. The summed E-state index contributed by atoms with van der Waals surface area (Å²) in [6, 6.07) is 43.0. The summed E-state index contributed by atoms with van der Waals surface area (Å²) in [6.07, 6.45) is 0. The minimum atomic E-state index is 0.937. The Hall–Kier alpha value is -4.43. The van der Waals surface area contributed by atoms with E-state index in [0.29, 0.717) is 0 Å². The highest BCUT2D eigenvalue weighted by Gasteiger charge is 2.17. The van der Waals surface area contributed by atoms with Crippen LogP contribution in [0.3, 0.4) is 0 Å². The van der Waals surface area contributed by atoms with Crippen LogP contribution in [-0.4, -0.2) is 9.55 Å². The zero-order valence-electron chi connectivity index (χ0n) is 17.9. The zero-order chi connectivity index (χ0) is 21.8. The normalized spacial score (nSPS) is 11.6. The largest absolute Gasteiger partial charge is 0.293 e. The highest BCUT2D eigenvalue weighted by Crippen LogP contribution is 2.38. The number of hydrogen-bond acceptors (Lipinski definition) is 1. The number of pyridine rings is 1. The molecule has 0 atom stereocenters. The lowest BCUT2D eigenvalue weighted by molar-refractivity contribution is 1.10. The van der Waals surface area contributed by atoms with Gasteiger partial charge in [-0.25, -0.2) is 4.98 Å². The standard InChI is InChI=1S/C31H20N2/c1-2-9-21(10-3-1)24-14-8-15-27-26-13-6-7-16-29(26)33(31(24)27)30-20-18-25-23-12-5-4-11-22(23)17-19-28(25)32-30/h1-20H. The van der Waals surface area contributed by atoms with Crippen LogP contribution in [0.2, 0.25) is 0 Å². The molecular weight excluding hydrogens is 400 g/mol. The van der Waals surface area contributed by atoms with Gasteiger partial charge in [0.2, 0.25) is 0 Å². The second-order valence-electron chi connectivity index (χ2n) is 8.44. The number of fused-ring (bicyclic) bond motifs is 6. The summed E-state index contributed by atoms with van der Waals surface area (Å²) in [4.78, 5) is 5.17. The van der Waals surface area contributed by atoms with Gasteiger partial charge in [-0.2, -0.15) is 0 Å². The molecule has 0 saturated carbocycles. The third kappa shape index (κ3) is 2.71. The topological polar surface area (TPSA) is 17.8 Å². The third-order valence-electron chi connectivity index (χ3n) is 6.59. The molecule has 0 spiro atoms. The van der Waals surface area contributed by atoms with Gasteiger partial charge in [0.1, 0.15) is 5.82 Å². The average molecular weight is 421 g/mol. The molecule has 0 saturated heterocycles. The molecule has 2 heteroatoms. The van der Waals surface area contributed by atoms with Crippen molar-refractivity contribution in [3.05, 3.63) is 121 Å². The molecule has 5 aromatic carbocycles. The second-order valence-corrected chi connectivity index (χ2v) is 8.44. The van der Waals surface area contributed by atoms with Gasteiger partial charge in [0, 0.05) is 21.7 Å². The molecule has 0 aliphatic rings. The second kappa shape index (κ2) is 7.04. The first kappa shape index (κ1) is 18.2. The maximum Gasteiger partial charge on any atom is 0.138 e. The van der Waals surface area contributed by atoms with Gasteiger partial charge in [-0.3, -0.25) is 4.57 Å². The monoisotopic (exact) mass is 420 g/mol. The first-order valence-electron chi connectivity index (χ1n) is 11.2. The molecule has 2 aromatic heterocycles. The Morgan fingerprint density at radius 2 is 1.24 bits per heavy atom. The number of nitrogens with zero attached hydrogens (tertiary/aromatic N) is 2. The number of aromatic nitrogens is 2. The van der Waals surface area contributed by atoms with E-state index in [2.05, 4.69) is 126 Å². The van der Waals surface area contributed by atoms with Gasteiger partial charge in [-0.15, -0.1) is 0 Å². The average Bonchev–Trinajstić information content (AvgIpc) is 3.23. The lowest BCUT2D eigenvalue weighted by Crippen LogP contribution is -1.99. The van der Waals surface area contributed by atoms with Gasteiger partial charge in [0.15, 0.2) is 0 Å². The zero-order valence-corrected chi connectivity index (χ0v) is 17.9. The summed E-state index contributed by atoms with van der Waals surface area (Å²) in [5.41, 5.74) is 5.79. The van der Waals surface area contributed by atoms with E-state index < -0.39 is 0 Å². The molecule has 0 aliphatic heterocycles. The van der Waals surface area contributed by atoms with Crippen molar-refractivity contribution in [3.8, 4) is 16.9 Å². The van der Waals surface area contributed by atoms with Gasteiger partial charge in [-0.1, -0.05) is 97.1 Å². The van der Waals surface area contributed by atoms with Crippen molar-refractivity contribution in [1.29, 1.82) is 0 Å². The van der Waals surface area contributed by atoms with Crippen LogP contribution in [-0.2, 0) is 0 Å². The SMILES string of the molecule is c1ccc(-c2cccc3c4ccccc4n(-c4ccc5c(ccc6ccccc65)n4)c23)cc1. The van der Waals surface area contributed by atoms with E-state index in [9.17, 15) is 0 Å². The minimum absolute atomic E-state index is 0.937. The highest BCUT2D eigenvalue weighted by molar-refractivity contribution is 6.14. The number of para-hydroxylation sites is 2. The summed E-state index contributed by atoms with van der Waals surface area (Å²) in [5, 5.41) is 6.14. The lowest BCUT2D eigenvalue weighted by Gasteiger charge is -2.12. The summed E-state index contributed by atoms with van der Waals surface area (Å²) < 4.78 is 2.32. The predicted octanol–water partition coefficient (Wildman–Crippen LogP) is 8.15. The quantitative estimate of drug-likeness (QED) is 0.258. The predicted molar refractivity (Wildman–Crippen MR) is 139 cm³/mol. The Bertz CT molecular complexity index is 1810. The molecule has 7 rings (SSSR count). The van der Waals surface area contributed by atoms with E-state index in [1.807, 2.05) is 0 Å². The minimum Gasteiger partial charge on any atom is -0.293 e. The summed E-state index contributed by atoms with van der Waals surface area (Å²) >= 11 is 0. The smallest absolute Gasteiger partial charge is 0.138 e. The summed E-state index contributed by atoms with van der Waals surface area (Å²) in [7, 11) is 0. The van der Waals surface area contributed by atoms with Crippen molar-refractivity contribution in [2.45, 2.75) is 0 Å². The molecule has 0 fully saturated rings. The van der Waals surface area contributed by atoms with Crippen LogP contribution in [0.1, 0.15) is 0 Å². The fraction of sp³-hybridized carbons (Fsp3) is 0. The van der Waals surface area contributed by atoms with Gasteiger partial charge in [0.05, 0.1) is 16.6 Å².